The van der Waals surface area contributed by atoms with Crippen LogP contribution in [0, 0.1) is 5.92 Å². The lowest BCUT2D eigenvalue weighted by molar-refractivity contribution is -0.149. The number of carbonyl (C=O) groups excluding carboxylic acids is 2. The summed E-state index contributed by atoms with van der Waals surface area (Å²) in [4.78, 5) is 36.3. The van der Waals surface area contributed by atoms with Gasteiger partial charge in [-0.1, -0.05) is 12.1 Å². The van der Waals surface area contributed by atoms with E-state index in [1.54, 1.807) is 13.8 Å². The summed E-state index contributed by atoms with van der Waals surface area (Å²) in [7, 11) is 0. The van der Waals surface area contributed by atoms with E-state index in [1.165, 1.54) is 16.7 Å². The highest BCUT2D eigenvalue weighted by Gasteiger charge is 2.35. The third-order valence-electron chi connectivity index (χ3n) is 3.48. The van der Waals surface area contributed by atoms with Gasteiger partial charge in [-0.05, 0) is 19.8 Å². The van der Waals surface area contributed by atoms with E-state index in [0.717, 1.165) is 0 Å². The van der Waals surface area contributed by atoms with Gasteiger partial charge in [-0.2, -0.15) is 11.8 Å². The molecule has 0 aromatic carbocycles. The van der Waals surface area contributed by atoms with Gasteiger partial charge < -0.3 is 20.0 Å². The molecule has 1 amide bonds. The average molecular weight is 346 g/mol. The van der Waals surface area contributed by atoms with Gasteiger partial charge in [-0.15, -0.1) is 0 Å². The second-order valence-corrected chi connectivity index (χ2v) is 6.24. The number of hydrogen-bond acceptors (Lipinski definition) is 7. The molecule has 0 aliphatic carbocycles. The molecule has 2 N–H and O–H groups in total. The lowest BCUT2D eigenvalue weighted by atomic mass is 10.1. The highest BCUT2D eigenvalue weighted by Crippen LogP contribution is 2.21. The van der Waals surface area contributed by atoms with Crippen molar-refractivity contribution >= 4 is 35.3 Å². The quantitative estimate of drug-likeness (QED) is 0.289. The van der Waals surface area contributed by atoms with Gasteiger partial charge in [0.25, 0.3) is 0 Å². The fourth-order valence-corrected chi connectivity index (χ4v) is 3.30. The van der Waals surface area contributed by atoms with Crippen molar-refractivity contribution in [2.45, 2.75) is 32.7 Å². The molecule has 1 rings (SSSR count). The summed E-state index contributed by atoms with van der Waals surface area (Å²) >= 11 is 1.26. The molecule has 0 radical (unpaired) electrons. The number of rotatable bonds is 8. The van der Waals surface area contributed by atoms with E-state index >= 15 is 0 Å². The maximum Gasteiger partial charge on any atom is 0.356 e. The third kappa shape index (κ3) is 5.42. The SMILES string of the molecule is CCOC(=O)/C(CSCC(C)C(=O)N1CCCC1C(=O)O)=N\O. The minimum Gasteiger partial charge on any atom is -0.480 e. The predicted octanol–water partition coefficient (Wildman–Crippen LogP) is 0.825. The van der Waals surface area contributed by atoms with Gasteiger partial charge in [0.1, 0.15) is 6.04 Å². The highest BCUT2D eigenvalue weighted by molar-refractivity contribution is 8.00. The summed E-state index contributed by atoms with van der Waals surface area (Å²) in [6, 6.07) is -0.746. The molecule has 8 nitrogen and oxygen atoms in total. The number of likely N-dealkylation sites (tertiary alicyclic amines) is 1. The van der Waals surface area contributed by atoms with E-state index in [4.69, 9.17) is 15.1 Å². The van der Waals surface area contributed by atoms with Gasteiger partial charge >= 0.3 is 11.9 Å². The summed E-state index contributed by atoms with van der Waals surface area (Å²) < 4.78 is 4.74. The van der Waals surface area contributed by atoms with Crippen LogP contribution in [0.1, 0.15) is 26.7 Å². The number of esters is 1. The van der Waals surface area contributed by atoms with Crippen molar-refractivity contribution in [3.8, 4) is 0 Å². The van der Waals surface area contributed by atoms with E-state index in [2.05, 4.69) is 5.16 Å². The number of carboxylic acid groups (broad SMARTS) is 1. The first-order valence-electron chi connectivity index (χ1n) is 7.41. The number of oxime groups is 1. The van der Waals surface area contributed by atoms with Gasteiger partial charge in [0.05, 0.1) is 6.61 Å². The molecule has 130 valence electrons. The molecular formula is C14H22N2O6S. The molecule has 0 aromatic heterocycles. The Morgan fingerprint density at radius 3 is 2.70 bits per heavy atom. The summed E-state index contributed by atoms with van der Waals surface area (Å²) in [5, 5.41) is 20.8. The van der Waals surface area contributed by atoms with Crippen molar-refractivity contribution in [3.63, 3.8) is 0 Å². The fourth-order valence-electron chi connectivity index (χ4n) is 2.32. The Labute approximate surface area is 138 Å². The molecule has 1 heterocycles. The molecule has 2 atom stereocenters. The normalized spacial score (nSPS) is 19.5. The molecule has 23 heavy (non-hydrogen) atoms. The number of thioether (sulfide) groups is 1. The van der Waals surface area contributed by atoms with Crippen LogP contribution >= 0.6 is 11.8 Å². The van der Waals surface area contributed by atoms with Crippen LogP contribution in [0.5, 0.6) is 0 Å². The Balaban J connectivity index is 2.47. The minimum absolute atomic E-state index is 0.110. The van der Waals surface area contributed by atoms with Crippen LogP contribution in [0.25, 0.3) is 0 Å². The fraction of sp³-hybridized carbons (Fsp3) is 0.714. The number of nitrogens with zero attached hydrogens (tertiary/aromatic N) is 2. The molecule has 1 fully saturated rings. The Hall–Kier alpha value is -1.77. The van der Waals surface area contributed by atoms with Crippen LogP contribution < -0.4 is 0 Å². The van der Waals surface area contributed by atoms with Crippen LogP contribution in [0.15, 0.2) is 5.16 Å². The molecule has 0 saturated carbocycles. The lowest BCUT2D eigenvalue weighted by Crippen LogP contribution is -2.43. The lowest BCUT2D eigenvalue weighted by Gasteiger charge is -2.24. The number of carboxylic acids is 1. The van der Waals surface area contributed by atoms with E-state index in [-0.39, 0.29) is 29.9 Å². The molecule has 0 aromatic rings. The Bertz CT molecular complexity index is 482. The summed E-state index contributed by atoms with van der Waals surface area (Å²) in [5.74, 6) is -1.75. The summed E-state index contributed by atoms with van der Waals surface area (Å²) in [5.41, 5.74) is -0.110. The summed E-state index contributed by atoms with van der Waals surface area (Å²) in [6.07, 6.45) is 1.16. The topological polar surface area (TPSA) is 117 Å². The zero-order valence-electron chi connectivity index (χ0n) is 13.2. The number of carbonyl (C=O) groups is 3. The van der Waals surface area contributed by atoms with E-state index in [0.29, 0.717) is 25.1 Å². The third-order valence-corrected chi connectivity index (χ3v) is 4.69. The largest absolute Gasteiger partial charge is 0.480 e. The number of ether oxygens (including phenoxy) is 1. The van der Waals surface area contributed by atoms with Crippen LogP contribution in [-0.2, 0) is 19.1 Å². The van der Waals surface area contributed by atoms with Gasteiger partial charge in [0, 0.05) is 24.0 Å². The van der Waals surface area contributed by atoms with Crippen LogP contribution in [0.3, 0.4) is 0 Å². The Kier molecular flexibility index (Phi) is 7.87. The first-order valence-corrected chi connectivity index (χ1v) is 8.56. The zero-order chi connectivity index (χ0) is 17.4. The van der Waals surface area contributed by atoms with Crippen molar-refractivity contribution in [2.75, 3.05) is 24.7 Å². The summed E-state index contributed by atoms with van der Waals surface area (Å²) in [6.45, 7) is 4.00. The molecule has 9 heteroatoms. The van der Waals surface area contributed by atoms with Crippen LogP contribution in [0.4, 0.5) is 0 Å². The first-order chi connectivity index (χ1) is 10.9. The smallest absolute Gasteiger partial charge is 0.356 e. The monoisotopic (exact) mass is 346 g/mol. The molecule has 1 saturated heterocycles. The number of amides is 1. The van der Waals surface area contributed by atoms with Gasteiger partial charge in [0.2, 0.25) is 5.91 Å². The van der Waals surface area contributed by atoms with Crippen molar-refractivity contribution in [2.24, 2.45) is 11.1 Å². The first kappa shape index (κ1) is 19.3. The second kappa shape index (κ2) is 9.39. The minimum atomic E-state index is -0.979. The van der Waals surface area contributed by atoms with Gasteiger partial charge in [0.15, 0.2) is 5.71 Å². The average Bonchev–Trinajstić information content (AvgIpc) is 3.00. The Morgan fingerprint density at radius 2 is 2.13 bits per heavy atom. The second-order valence-electron chi connectivity index (χ2n) is 5.21. The van der Waals surface area contributed by atoms with Crippen LogP contribution in [-0.4, -0.2) is 69.5 Å². The van der Waals surface area contributed by atoms with Crippen molar-refractivity contribution < 1.29 is 29.4 Å². The molecular weight excluding hydrogens is 324 g/mol. The zero-order valence-corrected chi connectivity index (χ0v) is 14.0. The molecule has 0 bridgehead atoms. The predicted molar refractivity (Wildman–Crippen MR) is 84.7 cm³/mol. The molecule has 1 aliphatic heterocycles. The standard InChI is InChI=1S/C14H22N2O6S/c1-3-22-14(20)10(15-21)8-23-7-9(2)12(17)16-6-4-5-11(16)13(18)19/h9,11,21H,3-8H2,1-2H3,(H,18,19)/b15-10-. The maximum atomic E-state index is 12.3. The molecule has 0 spiro atoms. The molecule has 1 aliphatic rings. The van der Waals surface area contributed by atoms with Crippen molar-refractivity contribution in [3.05, 3.63) is 0 Å². The maximum absolute atomic E-state index is 12.3. The number of hydrogen-bond donors (Lipinski definition) is 2. The van der Waals surface area contributed by atoms with Gasteiger partial charge in [-0.3, -0.25) is 4.79 Å². The highest BCUT2D eigenvalue weighted by atomic mass is 32.2. The van der Waals surface area contributed by atoms with E-state index in [9.17, 15) is 14.4 Å². The van der Waals surface area contributed by atoms with Crippen LogP contribution in [0.2, 0.25) is 0 Å². The number of aliphatic carboxylic acids is 1. The van der Waals surface area contributed by atoms with Crippen molar-refractivity contribution in [1.29, 1.82) is 0 Å². The van der Waals surface area contributed by atoms with E-state index in [1.807, 2.05) is 0 Å². The molecule has 2 unspecified atom stereocenters. The van der Waals surface area contributed by atoms with Gasteiger partial charge in [-0.25, -0.2) is 9.59 Å². The van der Waals surface area contributed by atoms with E-state index < -0.39 is 18.0 Å². The Morgan fingerprint density at radius 1 is 1.43 bits per heavy atom. The van der Waals surface area contributed by atoms with Crippen molar-refractivity contribution in [1.82, 2.24) is 4.90 Å².